The molecule has 2 N–H and O–H groups in total. The number of anilines is 1. The van der Waals surface area contributed by atoms with E-state index in [1.54, 1.807) is 30.3 Å². The molecule has 0 radical (unpaired) electrons. The molecule has 0 saturated carbocycles. The molecule has 0 aliphatic rings. The molecule has 0 aliphatic heterocycles. The molecule has 0 unspecified atom stereocenters. The minimum atomic E-state index is -0.424. The van der Waals surface area contributed by atoms with Crippen molar-refractivity contribution in [2.24, 2.45) is 5.10 Å². The van der Waals surface area contributed by atoms with Crippen molar-refractivity contribution in [1.29, 1.82) is 0 Å². The lowest BCUT2D eigenvalue weighted by Crippen LogP contribution is -2.24. The Morgan fingerprint density at radius 2 is 2.04 bits per heavy atom. The van der Waals surface area contributed by atoms with E-state index in [-0.39, 0.29) is 12.4 Å². The molecule has 0 heterocycles. The number of halogens is 2. The maximum Gasteiger partial charge on any atom is 0.277 e. The number of rotatable bonds is 8. The first-order valence-corrected chi connectivity index (χ1v) is 9.59. The summed E-state index contributed by atoms with van der Waals surface area (Å²) in [6, 6.07) is 10.3. The predicted octanol–water partition coefficient (Wildman–Crippen LogP) is 4.18. The summed E-state index contributed by atoms with van der Waals surface area (Å²) in [5, 5.41) is 14.6. The molecule has 0 spiro atoms. The molecule has 0 aliphatic carbocycles. The summed E-state index contributed by atoms with van der Waals surface area (Å²) in [6.07, 6.45) is 1.39. The lowest BCUT2D eigenvalue weighted by molar-refractivity contribution is -0.123. The highest BCUT2D eigenvalue weighted by molar-refractivity contribution is 9.10. The van der Waals surface area contributed by atoms with Gasteiger partial charge in [0, 0.05) is 35.4 Å². The average molecular weight is 455 g/mol. The van der Waals surface area contributed by atoms with Gasteiger partial charge in [-0.25, -0.2) is 5.43 Å². The van der Waals surface area contributed by atoms with Crippen LogP contribution in [0.2, 0.25) is 5.02 Å². The van der Waals surface area contributed by atoms with Crippen LogP contribution in [0.3, 0.4) is 0 Å². The minimum Gasteiger partial charge on any atom is -0.507 e. The SMILES string of the molecule is CCN(CC)c1ccc(/C=N/NC(=O)COc2ccc(Cl)cc2Br)c(O)c1. The number of hydrazone groups is 1. The van der Waals surface area contributed by atoms with Gasteiger partial charge in [-0.3, -0.25) is 4.79 Å². The minimum absolute atomic E-state index is 0.0961. The van der Waals surface area contributed by atoms with Gasteiger partial charge in [0.15, 0.2) is 6.61 Å². The number of hydrogen-bond acceptors (Lipinski definition) is 5. The number of carbonyl (C=O) groups excluding carboxylic acids is 1. The van der Waals surface area contributed by atoms with Crippen molar-refractivity contribution in [3.63, 3.8) is 0 Å². The fourth-order valence-corrected chi connectivity index (χ4v) is 3.17. The fourth-order valence-electron chi connectivity index (χ4n) is 2.37. The molecule has 6 nitrogen and oxygen atoms in total. The van der Waals surface area contributed by atoms with Crippen LogP contribution in [0.25, 0.3) is 0 Å². The summed E-state index contributed by atoms with van der Waals surface area (Å²) in [4.78, 5) is 14.0. The first-order valence-electron chi connectivity index (χ1n) is 8.42. The Labute approximate surface area is 171 Å². The molecule has 8 heteroatoms. The number of ether oxygens (including phenoxy) is 1. The van der Waals surface area contributed by atoms with Crippen molar-refractivity contribution in [3.05, 3.63) is 51.5 Å². The van der Waals surface area contributed by atoms with Gasteiger partial charge in [0.1, 0.15) is 11.5 Å². The smallest absolute Gasteiger partial charge is 0.277 e. The van der Waals surface area contributed by atoms with Crippen LogP contribution in [0.1, 0.15) is 19.4 Å². The zero-order chi connectivity index (χ0) is 19.8. The van der Waals surface area contributed by atoms with Crippen LogP contribution in [-0.2, 0) is 4.79 Å². The van der Waals surface area contributed by atoms with Gasteiger partial charge < -0.3 is 14.7 Å². The Morgan fingerprint density at radius 3 is 2.67 bits per heavy atom. The predicted molar refractivity (Wildman–Crippen MR) is 112 cm³/mol. The Morgan fingerprint density at radius 1 is 1.30 bits per heavy atom. The molecule has 27 heavy (non-hydrogen) atoms. The van der Waals surface area contributed by atoms with Crippen LogP contribution in [0.5, 0.6) is 11.5 Å². The van der Waals surface area contributed by atoms with Gasteiger partial charge in [-0.2, -0.15) is 5.10 Å². The summed E-state index contributed by atoms with van der Waals surface area (Å²) in [5.41, 5.74) is 3.80. The maximum atomic E-state index is 11.8. The van der Waals surface area contributed by atoms with Gasteiger partial charge in [0.05, 0.1) is 10.7 Å². The monoisotopic (exact) mass is 453 g/mol. The number of phenols is 1. The van der Waals surface area contributed by atoms with Crippen LogP contribution in [-0.4, -0.2) is 36.9 Å². The van der Waals surface area contributed by atoms with E-state index in [0.717, 1.165) is 18.8 Å². The van der Waals surface area contributed by atoms with Gasteiger partial charge in [-0.1, -0.05) is 11.6 Å². The number of benzene rings is 2. The number of hydrogen-bond donors (Lipinski definition) is 2. The summed E-state index contributed by atoms with van der Waals surface area (Å²) in [5.74, 6) is 0.175. The summed E-state index contributed by atoms with van der Waals surface area (Å²) >= 11 is 9.17. The lowest BCUT2D eigenvalue weighted by Gasteiger charge is -2.21. The van der Waals surface area contributed by atoms with Crippen LogP contribution in [0.4, 0.5) is 5.69 Å². The second kappa shape index (κ2) is 10.2. The van der Waals surface area contributed by atoms with E-state index >= 15 is 0 Å². The van der Waals surface area contributed by atoms with E-state index in [2.05, 4.69) is 45.2 Å². The number of nitrogens with zero attached hydrogens (tertiary/aromatic N) is 2. The first-order chi connectivity index (χ1) is 12.9. The third kappa shape index (κ3) is 6.15. The number of amides is 1. The fraction of sp³-hybridized carbons (Fsp3) is 0.263. The standard InChI is InChI=1S/C19H21BrClN3O3/c1-3-24(4-2)15-7-5-13(17(25)10-15)11-22-23-19(26)12-27-18-8-6-14(21)9-16(18)20/h5-11,25H,3-4,12H2,1-2H3,(H,23,26)/b22-11+. The van der Waals surface area contributed by atoms with Crippen molar-refractivity contribution >= 4 is 45.3 Å². The van der Waals surface area contributed by atoms with Gasteiger partial charge in [-0.05, 0) is 60.1 Å². The maximum absolute atomic E-state index is 11.8. The van der Waals surface area contributed by atoms with Crippen LogP contribution < -0.4 is 15.1 Å². The van der Waals surface area contributed by atoms with E-state index in [9.17, 15) is 9.90 Å². The highest BCUT2D eigenvalue weighted by atomic mass is 79.9. The molecule has 0 aromatic heterocycles. The second-order valence-corrected chi connectivity index (χ2v) is 6.86. The Bertz CT molecular complexity index is 826. The molecule has 0 atom stereocenters. The normalized spacial score (nSPS) is 10.8. The molecule has 0 saturated heterocycles. The Kier molecular flexibility index (Phi) is 7.94. The van der Waals surface area contributed by atoms with E-state index in [1.165, 1.54) is 6.21 Å². The first kappa shape index (κ1) is 21.1. The van der Waals surface area contributed by atoms with Gasteiger partial charge in [-0.15, -0.1) is 0 Å². The van der Waals surface area contributed by atoms with E-state index in [4.69, 9.17) is 16.3 Å². The van der Waals surface area contributed by atoms with Crippen molar-refractivity contribution < 1.29 is 14.6 Å². The number of nitrogens with one attached hydrogen (secondary N) is 1. The summed E-state index contributed by atoms with van der Waals surface area (Å²) in [6.45, 7) is 5.60. The molecule has 144 valence electrons. The molecule has 1 amide bonds. The highest BCUT2D eigenvalue weighted by Gasteiger charge is 2.07. The van der Waals surface area contributed by atoms with E-state index in [0.29, 0.717) is 20.8 Å². The highest BCUT2D eigenvalue weighted by Crippen LogP contribution is 2.28. The summed E-state index contributed by atoms with van der Waals surface area (Å²) in [7, 11) is 0. The number of aromatic hydroxyl groups is 1. The Hall–Kier alpha value is -2.25. The largest absolute Gasteiger partial charge is 0.507 e. The molecular formula is C19H21BrClN3O3. The van der Waals surface area contributed by atoms with Crippen molar-refractivity contribution in [2.75, 3.05) is 24.6 Å². The zero-order valence-electron chi connectivity index (χ0n) is 15.1. The summed E-state index contributed by atoms with van der Waals surface area (Å²) < 4.78 is 6.06. The quantitative estimate of drug-likeness (QED) is 0.463. The number of carbonyl (C=O) groups is 1. The van der Waals surface area contributed by atoms with Crippen molar-refractivity contribution in [3.8, 4) is 11.5 Å². The third-order valence-corrected chi connectivity index (χ3v) is 4.64. The molecule has 2 aromatic rings. The van der Waals surface area contributed by atoms with Gasteiger partial charge in [0.25, 0.3) is 5.91 Å². The van der Waals surface area contributed by atoms with E-state index < -0.39 is 5.91 Å². The molecule has 0 fully saturated rings. The zero-order valence-corrected chi connectivity index (χ0v) is 17.4. The number of phenolic OH excluding ortho intramolecular Hbond substituents is 1. The van der Waals surface area contributed by atoms with Crippen LogP contribution >= 0.6 is 27.5 Å². The third-order valence-electron chi connectivity index (χ3n) is 3.79. The molecule has 2 rings (SSSR count). The van der Waals surface area contributed by atoms with Gasteiger partial charge in [0.2, 0.25) is 0 Å². The molecule has 2 aromatic carbocycles. The van der Waals surface area contributed by atoms with Crippen molar-refractivity contribution in [1.82, 2.24) is 5.43 Å². The van der Waals surface area contributed by atoms with Crippen molar-refractivity contribution in [2.45, 2.75) is 13.8 Å². The average Bonchev–Trinajstić information content (AvgIpc) is 2.63. The van der Waals surface area contributed by atoms with E-state index in [1.807, 2.05) is 6.07 Å². The van der Waals surface area contributed by atoms with Gasteiger partial charge >= 0.3 is 0 Å². The van der Waals surface area contributed by atoms with Crippen LogP contribution in [0.15, 0.2) is 46.0 Å². The topological polar surface area (TPSA) is 74.2 Å². The molecular weight excluding hydrogens is 434 g/mol. The van der Waals surface area contributed by atoms with Crippen LogP contribution in [0, 0.1) is 0 Å². The molecule has 0 bridgehead atoms. The lowest BCUT2D eigenvalue weighted by atomic mass is 10.2. The Balaban J connectivity index is 1.90. The second-order valence-electron chi connectivity index (χ2n) is 5.57.